The average Bonchev–Trinajstić information content (AvgIpc) is 2.57. The van der Waals surface area contributed by atoms with Crippen LogP contribution in [0.15, 0.2) is 22.7 Å². The molecular weight excluding hydrogens is 326 g/mol. The van der Waals surface area contributed by atoms with Gasteiger partial charge in [-0.05, 0) is 43.4 Å². The smallest absolute Gasteiger partial charge is 0.253 e. The van der Waals surface area contributed by atoms with Crippen LogP contribution in [0, 0.1) is 5.92 Å². The van der Waals surface area contributed by atoms with E-state index in [1.54, 1.807) is 12.1 Å². The molecule has 1 N–H and O–H groups in total. The zero-order valence-corrected chi connectivity index (χ0v) is 13.4. The summed E-state index contributed by atoms with van der Waals surface area (Å²) >= 11 is 9.45. The Bertz CT molecular complexity index is 463. The van der Waals surface area contributed by atoms with E-state index in [4.69, 9.17) is 11.6 Å². The first kappa shape index (κ1) is 14.9. The molecule has 0 bridgehead atoms. The molecule has 0 aromatic heterocycles. The van der Waals surface area contributed by atoms with Crippen molar-refractivity contribution in [2.45, 2.75) is 45.1 Å². The lowest BCUT2D eigenvalue weighted by Gasteiger charge is -2.17. The van der Waals surface area contributed by atoms with Gasteiger partial charge >= 0.3 is 0 Å². The summed E-state index contributed by atoms with van der Waals surface area (Å²) in [6.45, 7) is 2.29. The number of nitrogens with one attached hydrogen (secondary N) is 1. The van der Waals surface area contributed by atoms with Gasteiger partial charge in [0.2, 0.25) is 0 Å². The number of carbonyl (C=O) groups excluding carboxylic acids is 1. The zero-order chi connectivity index (χ0) is 13.8. The number of hydrogen-bond donors (Lipinski definition) is 1. The molecule has 1 aromatic carbocycles. The minimum atomic E-state index is -0.0640. The summed E-state index contributed by atoms with van der Waals surface area (Å²) in [7, 11) is 0. The minimum absolute atomic E-state index is 0.0640. The second-order valence-electron chi connectivity index (χ2n) is 5.41. The summed E-state index contributed by atoms with van der Waals surface area (Å²) in [5.74, 6) is 0.710. The van der Waals surface area contributed by atoms with Crippen LogP contribution < -0.4 is 5.32 Å². The van der Waals surface area contributed by atoms with Gasteiger partial charge in [-0.25, -0.2) is 0 Å². The molecule has 1 aliphatic rings. The lowest BCUT2D eigenvalue weighted by Crippen LogP contribution is -2.34. The van der Waals surface area contributed by atoms with Gasteiger partial charge in [-0.1, -0.05) is 47.3 Å². The highest BCUT2D eigenvalue weighted by molar-refractivity contribution is 9.10. The van der Waals surface area contributed by atoms with E-state index in [2.05, 4.69) is 28.2 Å². The van der Waals surface area contributed by atoms with E-state index < -0.39 is 0 Å². The minimum Gasteiger partial charge on any atom is -0.349 e. The largest absolute Gasteiger partial charge is 0.349 e. The summed E-state index contributed by atoms with van der Waals surface area (Å²) in [5, 5.41) is 3.62. The van der Waals surface area contributed by atoms with E-state index in [0.717, 1.165) is 23.2 Å². The highest BCUT2D eigenvalue weighted by atomic mass is 79.9. The van der Waals surface area contributed by atoms with Gasteiger partial charge in [0.15, 0.2) is 0 Å². The maximum Gasteiger partial charge on any atom is 0.253 e. The van der Waals surface area contributed by atoms with Crippen molar-refractivity contribution in [1.29, 1.82) is 0 Å². The van der Waals surface area contributed by atoms with Crippen molar-refractivity contribution in [2.24, 2.45) is 5.92 Å². The first-order valence-electron chi connectivity index (χ1n) is 6.82. The number of amides is 1. The Kier molecular flexibility index (Phi) is 5.28. The summed E-state index contributed by atoms with van der Waals surface area (Å²) in [5.41, 5.74) is 0.549. The fourth-order valence-corrected chi connectivity index (χ4v) is 3.13. The number of benzene rings is 1. The number of carbonyl (C=O) groups is 1. The van der Waals surface area contributed by atoms with Crippen LogP contribution in [-0.2, 0) is 0 Å². The lowest BCUT2D eigenvalue weighted by molar-refractivity contribution is 0.0933. The molecule has 1 amide bonds. The fourth-order valence-electron chi connectivity index (χ4n) is 2.57. The molecule has 0 saturated heterocycles. The van der Waals surface area contributed by atoms with Crippen LogP contribution in [0.1, 0.15) is 49.4 Å². The van der Waals surface area contributed by atoms with Gasteiger partial charge in [-0.2, -0.15) is 0 Å². The second kappa shape index (κ2) is 6.76. The third kappa shape index (κ3) is 4.22. The normalized spacial score (nSPS) is 23.7. The number of halogens is 2. The lowest BCUT2D eigenvalue weighted by atomic mass is 10.0. The molecular formula is C15H19BrClNO. The molecule has 0 heterocycles. The van der Waals surface area contributed by atoms with E-state index in [9.17, 15) is 4.79 Å². The van der Waals surface area contributed by atoms with Crippen LogP contribution in [0.25, 0.3) is 0 Å². The Morgan fingerprint density at radius 3 is 2.89 bits per heavy atom. The van der Waals surface area contributed by atoms with Crippen LogP contribution in [0.5, 0.6) is 0 Å². The number of hydrogen-bond acceptors (Lipinski definition) is 1. The van der Waals surface area contributed by atoms with Gasteiger partial charge in [0.25, 0.3) is 5.91 Å². The van der Waals surface area contributed by atoms with E-state index in [-0.39, 0.29) is 11.9 Å². The fraction of sp³-hybridized carbons (Fsp3) is 0.533. The highest BCUT2D eigenvalue weighted by Crippen LogP contribution is 2.24. The molecule has 1 fully saturated rings. The number of rotatable bonds is 2. The highest BCUT2D eigenvalue weighted by Gasteiger charge is 2.19. The maximum atomic E-state index is 12.3. The average molecular weight is 345 g/mol. The van der Waals surface area contributed by atoms with E-state index in [0.29, 0.717) is 10.6 Å². The standard InChI is InChI=1S/C15H19BrClNO/c1-10-3-2-4-12(7-5-10)18-15(19)13-9-11(16)6-8-14(13)17/h6,8-10,12H,2-5,7H2,1H3,(H,18,19). The van der Waals surface area contributed by atoms with Gasteiger partial charge in [-0.3, -0.25) is 4.79 Å². The Labute approximate surface area is 128 Å². The first-order valence-corrected chi connectivity index (χ1v) is 7.99. The summed E-state index contributed by atoms with van der Waals surface area (Å²) in [6.07, 6.45) is 5.79. The van der Waals surface area contributed by atoms with Crippen LogP contribution in [-0.4, -0.2) is 11.9 Å². The Morgan fingerprint density at radius 2 is 2.11 bits per heavy atom. The molecule has 2 nitrogen and oxygen atoms in total. The Balaban J connectivity index is 2.02. The summed E-state index contributed by atoms with van der Waals surface area (Å²) in [4.78, 5) is 12.3. The van der Waals surface area contributed by atoms with Crippen LogP contribution in [0.2, 0.25) is 5.02 Å². The molecule has 19 heavy (non-hydrogen) atoms. The second-order valence-corrected chi connectivity index (χ2v) is 6.73. The van der Waals surface area contributed by atoms with Crippen molar-refractivity contribution in [3.63, 3.8) is 0 Å². The topological polar surface area (TPSA) is 29.1 Å². The third-order valence-corrected chi connectivity index (χ3v) is 4.59. The molecule has 104 valence electrons. The van der Waals surface area contributed by atoms with Crippen molar-refractivity contribution >= 4 is 33.4 Å². The van der Waals surface area contributed by atoms with E-state index in [1.807, 2.05) is 6.07 Å². The van der Waals surface area contributed by atoms with E-state index in [1.165, 1.54) is 19.3 Å². The van der Waals surface area contributed by atoms with Crippen LogP contribution in [0.3, 0.4) is 0 Å². The third-order valence-electron chi connectivity index (χ3n) is 3.77. The van der Waals surface area contributed by atoms with Gasteiger partial charge in [0, 0.05) is 10.5 Å². The van der Waals surface area contributed by atoms with Gasteiger partial charge < -0.3 is 5.32 Å². The van der Waals surface area contributed by atoms with Gasteiger partial charge in [-0.15, -0.1) is 0 Å². The van der Waals surface area contributed by atoms with Crippen molar-refractivity contribution < 1.29 is 4.79 Å². The predicted octanol–water partition coefficient (Wildman–Crippen LogP) is 4.80. The van der Waals surface area contributed by atoms with Crippen LogP contribution in [0.4, 0.5) is 0 Å². The van der Waals surface area contributed by atoms with Crippen molar-refractivity contribution in [2.75, 3.05) is 0 Å². The van der Waals surface area contributed by atoms with Crippen molar-refractivity contribution in [1.82, 2.24) is 5.32 Å². The predicted molar refractivity (Wildman–Crippen MR) is 82.7 cm³/mol. The molecule has 4 heteroatoms. The SMILES string of the molecule is CC1CCCC(NC(=O)c2cc(Br)ccc2Cl)CC1. The Morgan fingerprint density at radius 1 is 1.32 bits per heavy atom. The summed E-state index contributed by atoms with van der Waals surface area (Å²) < 4.78 is 0.872. The van der Waals surface area contributed by atoms with Crippen LogP contribution >= 0.6 is 27.5 Å². The van der Waals surface area contributed by atoms with Gasteiger partial charge in [0.05, 0.1) is 10.6 Å². The molecule has 2 unspecified atom stereocenters. The Hall–Kier alpha value is -0.540. The molecule has 2 atom stereocenters. The van der Waals surface area contributed by atoms with Crippen molar-refractivity contribution in [3.05, 3.63) is 33.3 Å². The van der Waals surface area contributed by atoms with Gasteiger partial charge in [0.1, 0.15) is 0 Å². The quantitative estimate of drug-likeness (QED) is 0.767. The molecule has 0 radical (unpaired) electrons. The zero-order valence-electron chi connectivity index (χ0n) is 11.1. The molecule has 0 aliphatic heterocycles. The summed E-state index contributed by atoms with van der Waals surface area (Å²) in [6, 6.07) is 5.64. The van der Waals surface area contributed by atoms with E-state index >= 15 is 0 Å². The maximum absolute atomic E-state index is 12.3. The molecule has 1 saturated carbocycles. The van der Waals surface area contributed by atoms with Crippen molar-refractivity contribution in [3.8, 4) is 0 Å². The first-order chi connectivity index (χ1) is 9.06. The molecule has 1 aliphatic carbocycles. The molecule has 1 aromatic rings. The molecule has 2 rings (SSSR count). The monoisotopic (exact) mass is 343 g/mol. The molecule has 0 spiro atoms.